The van der Waals surface area contributed by atoms with Gasteiger partial charge < -0.3 is 19.5 Å². The van der Waals surface area contributed by atoms with E-state index in [9.17, 15) is 15.0 Å². The lowest BCUT2D eigenvalue weighted by molar-refractivity contribution is -0.145. The van der Waals surface area contributed by atoms with Gasteiger partial charge in [-0.05, 0) is 24.6 Å². The molecular weight excluding hydrogens is 412 g/mol. The van der Waals surface area contributed by atoms with Crippen LogP contribution < -0.4 is 0 Å². The minimum absolute atomic E-state index is 0.290. The number of carbonyl (C=O) groups excluding carboxylic acids is 1. The second-order valence-corrected chi connectivity index (χ2v) is 8.77. The number of likely N-dealkylation sites (N-methyl/N-ethyl adjacent to an activating group) is 1. The Kier molecular flexibility index (Phi) is 6.36. The molecule has 0 spiro atoms. The molecule has 2 N–H and O–H groups in total. The van der Waals surface area contributed by atoms with Crippen LogP contribution in [-0.2, 0) is 17.8 Å². The first-order chi connectivity index (χ1) is 15.0. The summed E-state index contributed by atoms with van der Waals surface area (Å²) < 4.78 is 6.93. The summed E-state index contributed by atoms with van der Waals surface area (Å²) in [5, 5.41) is 22.5. The molecule has 6 nitrogen and oxygen atoms in total. The van der Waals surface area contributed by atoms with E-state index in [0.717, 1.165) is 51.8 Å². The molecule has 0 saturated heterocycles. The Hall–Kier alpha value is -2.74. The number of carbonyl (C=O) groups is 1. The van der Waals surface area contributed by atoms with Crippen molar-refractivity contribution >= 4 is 38.4 Å². The molecule has 0 fully saturated rings. The Balaban J connectivity index is 1.54. The van der Waals surface area contributed by atoms with E-state index in [0.29, 0.717) is 11.6 Å². The van der Waals surface area contributed by atoms with Crippen molar-refractivity contribution < 1.29 is 19.4 Å². The average Bonchev–Trinajstić information content (AvgIpc) is 3.37. The van der Waals surface area contributed by atoms with Crippen molar-refractivity contribution in [3.8, 4) is 0 Å². The third-order valence-corrected chi connectivity index (χ3v) is 6.53. The molecule has 7 heteroatoms. The maximum atomic E-state index is 12.9. The molecule has 162 valence electrons. The molecule has 1 amide bonds. The van der Waals surface area contributed by atoms with Crippen LogP contribution in [0.4, 0.5) is 0 Å². The Morgan fingerprint density at radius 2 is 1.90 bits per heavy atom. The van der Waals surface area contributed by atoms with Crippen LogP contribution in [0.2, 0.25) is 0 Å². The number of furan rings is 1. The van der Waals surface area contributed by atoms with Crippen LogP contribution >= 0.6 is 11.3 Å². The number of unbranched alkanes of at least 4 members (excludes halogenated alkanes) is 1. The number of aryl methyl sites for hydroxylation is 1. The number of amides is 1. The van der Waals surface area contributed by atoms with E-state index in [1.807, 2.05) is 48.5 Å². The number of thiazole rings is 1. The SMILES string of the molecule is CCCCc1oc2ccccc2c1CN(C)C(=O)C(O)C(O)c1nc2ccccc2s1. The molecule has 0 radical (unpaired) electrons. The maximum Gasteiger partial charge on any atom is 0.254 e. The molecule has 2 unspecified atom stereocenters. The van der Waals surface area contributed by atoms with Crippen LogP contribution in [0, 0.1) is 0 Å². The third-order valence-electron chi connectivity index (χ3n) is 5.43. The number of hydrogen-bond acceptors (Lipinski definition) is 6. The van der Waals surface area contributed by atoms with Crippen molar-refractivity contribution in [3.05, 3.63) is 64.9 Å². The quantitative estimate of drug-likeness (QED) is 0.425. The monoisotopic (exact) mass is 438 g/mol. The van der Waals surface area contributed by atoms with Crippen LogP contribution in [0.3, 0.4) is 0 Å². The first-order valence-electron chi connectivity index (χ1n) is 10.5. The summed E-state index contributed by atoms with van der Waals surface area (Å²) in [6.45, 7) is 2.41. The fourth-order valence-corrected chi connectivity index (χ4v) is 4.67. The van der Waals surface area contributed by atoms with Crippen molar-refractivity contribution in [3.63, 3.8) is 0 Å². The number of rotatable bonds is 8. The van der Waals surface area contributed by atoms with Gasteiger partial charge in [0.05, 0.1) is 10.2 Å². The van der Waals surface area contributed by atoms with E-state index in [1.165, 1.54) is 16.2 Å². The van der Waals surface area contributed by atoms with Gasteiger partial charge in [-0.15, -0.1) is 11.3 Å². The molecule has 2 heterocycles. The molecule has 0 bridgehead atoms. The fraction of sp³-hybridized carbons (Fsp3) is 0.333. The van der Waals surface area contributed by atoms with Gasteiger partial charge in [-0.25, -0.2) is 4.98 Å². The summed E-state index contributed by atoms with van der Waals surface area (Å²) in [4.78, 5) is 18.7. The summed E-state index contributed by atoms with van der Waals surface area (Å²) >= 11 is 1.27. The highest BCUT2D eigenvalue weighted by molar-refractivity contribution is 7.18. The molecule has 4 rings (SSSR count). The normalized spacial score (nSPS) is 13.5. The van der Waals surface area contributed by atoms with Gasteiger partial charge in [0.1, 0.15) is 22.5 Å². The van der Waals surface area contributed by atoms with Gasteiger partial charge in [-0.3, -0.25) is 4.79 Å². The molecule has 0 saturated carbocycles. The van der Waals surface area contributed by atoms with Gasteiger partial charge in [0.25, 0.3) is 5.91 Å². The molecule has 2 aromatic heterocycles. The van der Waals surface area contributed by atoms with E-state index in [-0.39, 0.29) is 0 Å². The number of nitrogens with zero attached hydrogens (tertiary/aromatic N) is 2. The lowest BCUT2D eigenvalue weighted by Crippen LogP contribution is -2.39. The Morgan fingerprint density at radius 1 is 1.16 bits per heavy atom. The zero-order chi connectivity index (χ0) is 22.0. The summed E-state index contributed by atoms with van der Waals surface area (Å²) in [5.74, 6) is 0.308. The summed E-state index contributed by atoms with van der Waals surface area (Å²) in [6, 6.07) is 15.2. The number of aliphatic hydroxyl groups excluding tert-OH is 2. The van der Waals surface area contributed by atoms with Crippen molar-refractivity contribution in [1.29, 1.82) is 0 Å². The van der Waals surface area contributed by atoms with E-state index < -0.39 is 18.1 Å². The molecular formula is C24H26N2O4S. The van der Waals surface area contributed by atoms with Crippen LogP contribution in [0.25, 0.3) is 21.2 Å². The molecule has 4 aromatic rings. The van der Waals surface area contributed by atoms with Crippen molar-refractivity contribution in [2.45, 2.75) is 44.9 Å². The Labute approximate surface area is 184 Å². The van der Waals surface area contributed by atoms with Gasteiger partial charge in [-0.2, -0.15) is 0 Å². The highest BCUT2D eigenvalue weighted by atomic mass is 32.1. The number of hydrogen-bond donors (Lipinski definition) is 2. The second-order valence-electron chi connectivity index (χ2n) is 7.71. The number of aromatic nitrogens is 1. The predicted molar refractivity (Wildman–Crippen MR) is 122 cm³/mol. The molecule has 0 aliphatic heterocycles. The van der Waals surface area contributed by atoms with E-state index in [1.54, 1.807) is 7.05 Å². The van der Waals surface area contributed by atoms with Gasteiger partial charge >= 0.3 is 0 Å². The Morgan fingerprint density at radius 3 is 2.68 bits per heavy atom. The summed E-state index contributed by atoms with van der Waals surface area (Å²) in [6.07, 6.45) is -0.155. The predicted octanol–water partition coefficient (Wildman–Crippen LogP) is 4.44. The van der Waals surface area contributed by atoms with Crippen molar-refractivity contribution in [1.82, 2.24) is 9.88 Å². The minimum atomic E-state index is -1.59. The highest BCUT2D eigenvalue weighted by Crippen LogP contribution is 2.30. The molecule has 0 aliphatic carbocycles. The number of para-hydroxylation sites is 2. The van der Waals surface area contributed by atoms with Gasteiger partial charge in [0, 0.05) is 31.0 Å². The molecule has 0 aliphatic rings. The van der Waals surface area contributed by atoms with Crippen LogP contribution in [-0.4, -0.2) is 39.2 Å². The van der Waals surface area contributed by atoms with E-state index >= 15 is 0 Å². The third kappa shape index (κ3) is 4.35. The fourth-order valence-electron chi connectivity index (χ4n) is 3.69. The molecule has 31 heavy (non-hydrogen) atoms. The van der Waals surface area contributed by atoms with Crippen LogP contribution in [0.1, 0.15) is 42.2 Å². The van der Waals surface area contributed by atoms with Crippen molar-refractivity contribution in [2.75, 3.05) is 7.05 Å². The zero-order valence-corrected chi connectivity index (χ0v) is 18.4. The second kappa shape index (κ2) is 9.18. The average molecular weight is 439 g/mol. The lowest BCUT2D eigenvalue weighted by atomic mass is 10.1. The molecule has 2 aromatic carbocycles. The number of benzene rings is 2. The number of aliphatic hydroxyl groups is 2. The molecule has 2 atom stereocenters. The van der Waals surface area contributed by atoms with Gasteiger partial charge in [0.2, 0.25) is 0 Å². The summed E-state index contributed by atoms with van der Waals surface area (Å²) in [5.41, 5.74) is 2.47. The smallest absolute Gasteiger partial charge is 0.254 e. The first-order valence-corrected chi connectivity index (χ1v) is 11.3. The standard InChI is InChI=1S/C24H26N2O4S/c1-3-4-11-19-16(15-9-5-7-12-18(15)30-19)14-26(2)24(29)22(28)21(27)23-25-17-10-6-8-13-20(17)31-23/h5-10,12-13,21-22,27-28H,3-4,11,14H2,1-2H3. The number of fused-ring (bicyclic) bond motifs is 2. The van der Waals surface area contributed by atoms with Crippen LogP contribution in [0.15, 0.2) is 52.9 Å². The van der Waals surface area contributed by atoms with Gasteiger partial charge in [0.15, 0.2) is 6.10 Å². The van der Waals surface area contributed by atoms with E-state index in [2.05, 4.69) is 11.9 Å². The van der Waals surface area contributed by atoms with Crippen molar-refractivity contribution in [2.24, 2.45) is 0 Å². The largest absolute Gasteiger partial charge is 0.461 e. The highest BCUT2D eigenvalue weighted by Gasteiger charge is 2.31. The Bertz CT molecular complexity index is 1170. The van der Waals surface area contributed by atoms with E-state index in [4.69, 9.17) is 4.42 Å². The lowest BCUT2D eigenvalue weighted by Gasteiger charge is -2.23. The van der Waals surface area contributed by atoms with Crippen LogP contribution in [0.5, 0.6) is 0 Å². The topological polar surface area (TPSA) is 86.8 Å². The summed E-state index contributed by atoms with van der Waals surface area (Å²) in [7, 11) is 1.63. The zero-order valence-electron chi connectivity index (χ0n) is 17.6. The maximum absolute atomic E-state index is 12.9. The minimum Gasteiger partial charge on any atom is -0.461 e. The first kappa shape index (κ1) is 21.5. The van der Waals surface area contributed by atoms with Gasteiger partial charge in [-0.1, -0.05) is 43.7 Å².